The van der Waals surface area contributed by atoms with Gasteiger partial charge in [0, 0.05) is 51.4 Å². The first-order valence-corrected chi connectivity index (χ1v) is 13.7. The van der Waals surface area contributed by atoms with Crippen LogP contribution < -0.4 is 5.32 Å². The number of urea groups is 1. The van der Waals surface area contributed by atoms with Crippen molar-refractivity contribution < 1.29 is 9.59 Å². The van der Waals surface area contributed by atoms with Crippen molar-refractivity contribution in [1.29, 1.82) is 0 Å². The summed E-state index contributed by atoms with van der Waals surface area (Å²) < 4.78 is 0. The maximum Gasteiger partial charge on any atom is 0.322 e. The van der Waals surface area contributed by atoms with Crippen LogP contribution in [-0.2, 0) is 11.3 Å². The molecule has 1 N–H and O–H groups in total. The summed E-state index contributed by atoms with van der Waals surface area (Å²) in [7, 11) is 0. The van der Waals surface area contributed by atoms with Gasteiger partial charge in [-0.3, -0.25) is 9.69 Å². The first kappa shape index (κ1) is 27.4. The lowest BCUT2D eigenvalue weighted by molar-refractivity contribution is -0.133. The van der Waals surface area contributed by atoms with Gasteiger partial charge in [-0.25, -0.2) is 4.79 Å². The standard InChI is InChI=1S/C32H40N4O2/c1-25(2)28-14-16-30(17-15-28)33-32(38)36(26(3)29-12-8-5-9-13-29)19-18-31(37)35-22-20-34(21-23-35)24-27-10-6-4-7-11-27/h4-17,25-26H,18-24H2,1-3H3,(H,33,38). The van der Waals surface area contributed by atoms with Gasteiger partial charge in [-0.05, 0) is 41.7 Å². The summed E-state index contributed by atoms with van der Waals surface area (Å²) in [6.07, 6.45) is 0.301. The highest BCUT2D eigenvalue weighted by Gasteiger charge is 2.25. The van der Waals surface area contributed by atoms with Crippen LogP contribution in [0, 0.1) is 0 Å². The van der Waals surface area contributed by atoms with Gasteiger partial charge in [-0.2, -0.15) is 0 Å². The molecule has 6 nitrogen and oxygen atoms in total. The SMILES string of the molecule is CC(C)c1ccc(NC(=O)N(CCC(=O)N2CCN(Cc3ccccc3)CC2)C(C)c2ccccc2)cc1. The molecule has 1 unspecified atom stereocenters. The summed E-state index contributed by atoms with van der Waals surface area (Å²) >= 11 is 0. The van der Waals surface area contributed by atoms with Gasteiger partial charge in [0.2, 0.25) is 5.91 Å². The van der Waals surface area contributed by atoms with E-state index in [-0.39, 0.29) is 18.0 Å². The van der Waals surface area contributed by atoms with Crippen LogP contribution in [0.4, 0.5) is 10.5 Å². The molecule has 1 heterocycles. The molecule has 0 aromatic heterocycles. The fraction of sp³-hybridized carbons (Fsp3) is 0.375. The van der Waals surface area contributed by atoms with E-state index in [0.29, 0.717) is 32.0 Å². The molecule has 1 saturated heterocycles. The Morgan fingerprint density at radius 2 is 1.39 bits per heavy atom. The maximum atomic E-state index is 13.4. The number of carbonyl (C=O) groups excluding carboxylic acids is 2. The Morgan fingerprint density at radius 3 is 2.00 bits per heavy atom. The largest absolute Gasteiger partial charge is 0.340 e. The second-order valence-electron chi connectivity index (χ2n) is 10.4. The Balaban J connectivity index is 1.36. The Hall–Kier alpha value is -3.64. The van der Waals surface area contributed by atoms with Crippen molar-refractivity contribution in [1.82, 2.24) is 14.7 Å². The highest BCUT2D eigenvalue weighted by Crippen LogP contribution is 2.23. The third-order valence-corrected chi connectivity index (χ3v) is 7.38. The number of nitrogens with one attached hydrogen (secondary N) is 1. The molecule has 1 fully saturated rings. The molecule has 38 heavy (non-hydrogen) atoms. The van der Waals surface area contributed by atoms with Crippen molar-refractivity contribution in [2.24, 2.45) is 0 Å². The van der Waals surface area contributed by atoms with Gasteiger partial charge >= 0.3 is 6.03 Å². The van der Waals surface area contributed by atoms with Gasteiger partial charge in [0.25, 0.3) is 0 Å². The van der Waals surface area contributed by atoms with Crippen LogP contribution in [0.25, 0.3) is 0 Å². The topological polar surface area (TPSA) is 55.9 Å². The molecule has 3 aromatic rings. The number of hydrogen-bond donors (Lipinski definition) is 1. The van der Waals surface area contributed by atoms with Crippen molar-refractivity contribution in [3.63, 3.8) is 0 Å². The first-order chi connectivity index (χ1) is 18.4. The van der Waals surface area contributed by atoms with Gasteiger partial charge in [0.15, 0.2) is 0 Å². The van der Waals surface area contributed by atoms with Gasteiger partial charge < -0.3 is 15.1 Å². The minimum absolute atomic E-state index is 0.101. The molecule has 0 aliphatic carbocycles. The van der Waals surface area contributed by atoms with E-state index < -0.39 is 0 Å². The van der Waals surface area contributed by atoms with Crippen LogP contribution in [0.3, 0.4) is 0 Å². The van der Waals surface area contributed by atoms with Crippen LogP contribution in [0.5, 0.6) is 0 Å². The predicted octanol–water partition coefficient (Wildman–Crippen LogP) is 6.14. The third-order valence-electron chi connectivity index (χ3n) is 7.38. The lowest BCUT2D eigenvalue weighted by Crippen LogP contribution is -2.49. The second kappa shape index (κ2) is 13.2. The van der Waals surface area contributed by atoms with E-state index in [1.165, 1.54) is 11.1 Å². The zero-order valence-corrected chi connectivity index (χ0v) is 22.8. The van der Waals surface area contributed by atoms with Crippen molar-refractivity contribution in [3.05, 3.63) is 102 Å². The first-order valence-electron chi connectivity index (χ1n) is 13.7. The Morgan fingerprint density at radius 1 is 0.789 bits per heavy atom. The van der Waals surface area contributed by atoms with Crippen molar-refractivity contribution in [3.8, 4) is 0 Å². The van der Waals surface area contributed by atoms with Crippen molar-refractivity contribution >= 4 is 17.6 Å². The number of anilines is 1. The normalized spacial score (nSPS) is 14.8. The van der Waals surface area contributed by atoms with Gasteiger partial charge in [-0.15, -0.1) is 0 Å². The van der Waals surface area contributed by atoms with E-state index in [0.717, 1.165) is 30.9 Å². The monoisotopic (exact) mass is 512 g/mol. The predicted molar refractivity (Wildman–Crippen MR) is 154 cm³/mol. The second-order valence-corrected chi connectivity index (χ2v) is 10.4. The molecule has 0 spiro atoms. The maximum absolute atomic E-state index is 13.4. The summed E-state index contributed by atoms with van der Waals surface area (Å²) in [6.45, 7) is 10.7. The molecule has 3 aromatic carbocycles. The Labute approximate surface area is 227 Å². The van der Waals surface area contributed by atoms with E-state index in [9.17, 15) is 9.59 Å². The summed E-state index contributed by atoms with van der Waals surface area (Å²) in [4.78, 5) is 32.7. The molecule has 6 heteroatoms. The average molecular weight is 513 g/mol. The summed E-state index contributed by atoms with van der Waals surface area (Å²) in [6, 6.07) is 28.0. The molecular weight excluding hydrogens is 472 g/mol. The Bertz CT molecular complexity index is 1160. The highest BCUT2D eigenvalue weighted by molar-refractivity contribution is 5.90. The van der Waals surface area contributed by atoms with E-state index >= 15 is 0 Å². The lowest BCUT2D eigenvalue weighted by Gasteiger charge is -2.35. The summed E-state index contributed by atoms with van der Waals surface area (Å²) in [5.41, 5.74) is 4.32. The summed E-state index contributed by atoms with van der Waals surface area (Å²) in [5.74, 6) is 0.532. The minimum atomic E-state index is -0.195. The number of carbonyl (C=O) groups is 2. The van der Waals surface area contributed by atoms with Crippen molar-refractivity contribution in [2.45, 2.75) is 45.7 Å². The van der Waals surface area contributed by atoms with Gasteiger partial charge in [-0.1, -0.05) is 86.6 Å². The molecule has 0 radical (unpaired) electrons. The average Bonchev–Trinajstić information content (AvgIpc) is 2.94. The molecule has 0 saturated carbocycles. The third kappa shape index (κ3) is 7.45. The fourth-order valence-corrected chi connectivity index (χ4v) is 4.90. The van der Waals surface area contributed by atoms with Crippen LogP contribution in [-0.4, -0.2) is 59.4 Å². The van der Waals surface area contributed by atoms with Crippen molar-refractivity contribution in [2.75, 3.05) is 38.0 Å². The molecule has 1 aliphatic heterocycles. The van der Waals surface area contributed by atoms with Crippen LogP contribution >= 0.6 is 0 Å². The molecule has 1 aliphatic rings. The number of piperazine rings is 1. The fourth-order valence-electron chi connectivity index (χ4n) is 4.90. The molecule has 3 amide bonds. The van der Waals surface area contributed by atoms with E-state index in [4.69, 9.17) is 0 Å². The van der Waals surface area contributed by atoms with Crippen LogP contribution in [0.15, 0.2) is 84.9 Å². The smallest absolute Gasteiger partial charge is 0.322 e. The summed E-state index contributed by atoms with van der Waals surface area (Å²) in [5, 5.41) is 3.05. The quantitative estimate of drug-likeness (QED) is 0.375. The number of rotatable bonds is 9. The van der Waals surface area contributed by atoms with E-state index in [2.05, 4.69) is 48.3 Å². The molecule has 200 valence electrons. The number of amides is 3. The molecular formula is C32H40N4O2. The molecule has 0 bridgehead atoms. The number of nitrogens with zero attached hydrogens (tertiary/aromatic N) is 3. The Kier molecular flexibility index (Phi) is 9.55. The van der Waals surface area contributed by atoms with Gasteiger partial charge in [0.1, 0.15) is 0 Å². The van der Waals surface area contributed by atoms with Crippen LogP contribution in [0.2, 0.25) is 0 Å². The lowest BCUT2D eigenvalue weighted by atomic mass is 10.0. The molecule has 1 atom stereocenters. The molecule has 4 rings (SSSR count). The van der Waals surface area contributed by atoms with Crippen LogP contribution in [0.1, 0.15) is 55.8 Å². The van der Waals surface area contributed by atoms with Gasteiger partial charge in [0.05, 0.1) is 6.04 Å². The van der Waals surface area contributed by atoms with E-state index in [1.54, 1.807) is 4.90 Å². The number of hydrogen-bond acceptors (Lipinski definition) is 3. The zero-order chi connectivity index (χ0) is 26.9. The minimum Gasteiger partial charge on any atom is -0.340 e. The van der Waals surface area contributed by atoms with E-state index in [1.807, 2.05) is 72.5 Å². The zero-order valence-electron chi connectivity index (χ0n) is 22.8. The highest BCUT2D eigenvalue weighted by atomic mass is 16.2. The number of benzene rings is 3.